The van der Waals surface area contributed by atoms with Crippen molar-refractivity contribution in [2.45, 2.75) is 89.3 Å². The van der Waals surface area contributed by atoms with E-state index in [0.29, 0.717) is 49.1 Å². The fourth-order valence-corrected chi connectivity index (χ4v) is 8.01. The van der Waals surface area contributed by atoms with Gasteiger partial charge in [0, 0.05) is 54.3 Å². The number of rotatable bonds is 12. The van der Waals surface area contributed by atoms with Gasteiger partial charge >= 0.3 is 6.09 Å². The van der Waals surface area contributed by atoms with E-state index in [1.54, 1.807) is 0 Å². The molecule has 1 aliphatic carbocycles. The van der Waals surface area contributed by atoms with Crippen molar-refractivity contribution in [1.82, 2.24) is 15.1 Å². The summed E-state index contributed by atoms with van der Waals surface area (Å²) in [6.45, 7) is 4.42. The zero-order chi connectivity index (χ0) is 34.1. The molecule has 48 heavy (non-hydrogen) atoms. The summed E-state index contributed by atoms with van der Waals surface area (Å²) >= 11 is 6.92. The van der Waals surface area contributed by atoms with Crippen LogP contribution < -0.4 is 5.32 Å². The molecule has 2 amide bonds. The number of hydrogen-bond acceptors (Lipinski definition) is 5. The maximum Gasteiger partial charge on any atom is 0.406 e. The number of methoxy groups -OCH3 is 1. The molecule has 2 unspecified atom stereocenters. The molecular formula is C40H52ClN3O4. The van der Waals surface area contributed by atoms with E-state index in [1.807, 2.05) is 47.4 Å². The van der Waals surface area contributed by atoms with Gasteiger partial charge < -0.3 is 20.1 Å². The molecule has 8 heteroatoms. The summed E-state index contributed by atoms with van der Waals surface area (Å²) in [5.41, 5.74) is 4.30. The Labute approximate surface area is 291 Å². The SMILES string of the molecule is CCc1cccc(-c2c(Cl)cccc2C(O)(CCCNC(=O)OC)C2CCCN(C(=O)c3ccc(CN(C)C4CCCCC4)cc3)C2)c1. The second kappa shape index (κ2) is 16.8. The molecular weight excluding hydrogens is 622 g/mol. The summed E-state index contributed by atoms with van der Waals surface area (Å²) in [5, 5.41) is 16.2. The number of piperidine rings is 1. The van der Waals surface area contributed by atoms with Gasteiger partial charge in [-0.25, -0.2) is 4.79 Å². The fourth-order valence-electron chi connectivity index (χ4n) is 7.73. The average Bonchev–Trinajstić information content (AvgIpc) is 3.13. The number of benzene rings is 3. The van der Waals surface area contributed by atoms with Gasteiger partial charge in [-0.15, -0.1) is 0 Å². The second-order valence-electron chi connectivity index (χ2n) is 13.7. The van der Waals surface area contributed by atoms with Crippen molar-refractivity contribution >= 4 is 23.6 Å². The monoisotopic (exact) mass is 673 g/mol. The Morgan fingerprint density at radius 2 is 1.75 bits per heavy atom. The van der Waals surface area contributed by atoms with Crippen LogP contribution in [0.3, 0.4) is 0 Å². The predicted octanol–water partition coefficient (Wildman–Crippen LogP) is 8.21. The second-order valence-corrected chi connectivity index (χ2v) is 14.1. The maximum atomic E-state index is 13.9. The van der Waals surface area contributed by atoms with E-state index in [4.69, 9.17) is 16.3 Å². The van der Waals surface area contributed by atoms with Crippen LogP contribution in [-0.2, 0) is 23.3 Å². The van der Waals surface area contributed by atoms with Crippen LogP contribution in [0.25, 0.3) is 11.1 Å². The maximum absolute atomic E-state index is 13.9. The molecule has 1 saturated heterocycles. The first-order valence-electron chi connectivity index (χ1n) is 17.7. The number of nitrogens with zero attached hydrogens (tertiary/aromatic N) is 2. The summed E-state index contributed by atoms with van der Waals surface area (Å²) in [6.07, 6.45) is 9.32. The minimum Gasteiger partial charge on any atom is -0.453 e. The van der Waals surface area contributed by atoms with Gasteiger partial charge in [-0.1, -0.05) is 86.3 Å². The lowest BCUT2D eigenvalue weighted by Crippen LogP contribution is -2.48. The number of aryl methyl sites for hydroxylation is 1. The number of amides is 2. The standard InChI is InChI=1S/C40H52ClN3O4/c1-4-29-12-8-13-32(26-29)37-35(17-9-18-36(37)41)40(47,23-11-24-42-39(46)48-3)33-14-10-25-44(28-33)38(45)31-21-19-30(20-22-31)27-43(2)34-15-6-5-7-16-34/h8-9,12-13,17-22,26,33-34,47H,4-7,10-11,14-16,23-25,27-28H2,1-3H3,(H,42,46). The fraction of sp³-hybridized carbons (Fsp3) is 0.500. The lowest BCUT2D eigenvalue weighted by molar-refractivity contribution is -0.0563. The zero-order valence-corrected chi connectivity index (χ0v) is 29.6. The number of carbonyl (C=O) groups excluding carboxylic acids is 2. The Morgan fingerprint density at radius 3 is 2.48 bits per heavy atom. The third kappa shape index (κ3) is 8.60. The van der Waals surface area contributed by atoms with Crippen molar-refractivity contribution in [2.24, 2.45) is 5.92 Å². The van der Waals surface area contributed by atoms with Gasteiger partial charge in [-0.05, 0) is 92.4 Å². The molecule has 1 heterocycles. The molecule has 2 aliphatic rings. The summed E-state index contributed by atoms with van der Waals surface area (Å²) in [5.74, 6) is -0.244. The molecule has 1 aliphatic heterocycles. The Kier molecular flexibility index (Phi) is 12.6. The number of carbonyl (C=O) groups is 2. The molecule has 1 saturated carbocycles. The smallest absolute Gasteiger partial charge is 0.406 e. The predicted molar refractivity (Wildman–Crippen MR) is 193 cm³/mol. The number of hydrogen-bond donors (Lipinski definition) is 2. The van der Waals surface area contributed by atoms with E-state index >= 15 is 0 Å². The molecule has 0 aromatic heterocycles. The highest BCUT2D eigenvalue weighted by Gasteiger charge is 2.43. The third-order valence-corrected chi connectivity index (χ3v) is 10.8. The number of ether oxygens (including phenoxy) is 1. The van der Waals surface area contributed by atoms with Gasteiger partial charge in [0.25, 0.3) is 5.91 Å². The van der Waals surface area contributed by atoms with Crippen LogP contribution in [0.15, 0.2) is 66.7 Å². The zero-order valence-electron chi connectivity index (χ0n) is 28.8. The Balaban J connectivity index is 1.38. The van der Waals surface area contributed by atoms with Crippen molar-refractivity contribution in [3.05, 3.63) is 94.0 Å². The highest BCUT2D eigenvalue weighted by Crippen LogP contribution is 2.46. The largest absolute Gasteiger partial charge is 0.453 e. The van der Waals surface area contributed by atoms with E-state index in [2.05, 4.69) is 48.5 Å². The Bertz CT molecular complexity index is 1520. The van der Waals surface area contributed by atoms with Crippen LogP contribution in [0.5, 0.6) is 0 Å². The van der Waals surface area contributed by atoms with Crippen molar-refractivity contribution in [3.63, 3.8) is 0 Å². The lowest BCUT2D eigenvalue weighted by Gasteiger charge is -2.44. The molecule has 2 N–H and O–H groups in total. The number of aliphatic hydroxyl groups is 1. The quantitative estimate of drug-likeness (QED) is 0.189. The highest BCUT2D eigenvalue weighted by atomic mass is 35.5. The third-order valence-electron chi connectivity index (χ3n) is 10.5. The van der Waals surface area contributed by atoms with Crippen LogP contribution in [0.2, 0.25) is 5.02 Å². The molecule has 0 radical (unpaired) electrons. The first kappa shape index (κ1) is 35.9. The molecule has 3 aromatic rings. The molecule has 258 valence electrons. The first-order chi connectivity index (χ1) is 23.2. The lowest BCUT2D eigenvalue weighted by atomic mass is 9.72. The summed E-state index contributed by atoms with van der Waals surface area (Å²) in [6, 6.07) is 22.7. The van der Waals surface area contributed by atoms with E-state index in [9.17, 15) is 14.7 Å². The van der Waals surface area contributed by atoms with Gasteiger partial charge in [0.2, 0.25) is 0 Å². The van der Waals surface area contributed by atoms with Crippen LogP contribution in [0.4, 0.5) is 4.79 Å². The molecule has 3 aromatic carbocycles. The van der Waals surface area contributed by atoms with Crippen LogP contribution >= 0.6 is 11.6 Å². The molecule has 2 fully saturated rings. The number of nitrogens with one attached hydrogen (secondary N) is 1. The summed E-state index contributed by atoms with van der Waals surface area (Å²) in [7, 11) is 3.55. The van der Waals surface area contributed by atoms with Gasteiger partial charge in [0.15, 0.2) is 0 Å². The van der Waals surface area contributed by atoms with Crippen molar-refractivity contribution in [1.29, 1.82) is 0 Å². The molecule has 5 rings (SSSR count). The van der Waals surface area contributed by atoms with E-state index in [0.717, 1.165) is 42.5 Å². The normalized spacial score (nSPS) is 18.4. The van der Waals surface area contributed by atoms with Crippen LogP contribution in [0.1, 0.15) is 91.8 Å². The van der Waals surface area contributed by atoms with Gasteiger partial charge in [-0.3, -0.25) is 9.69 Å². The highest BCUT2D eigenvalue weighted by molar-refractivity contribution is 6.33. The molecule has 0 bridgehead atoms. The first-order valence-corrected chi connectivity index (χ1v) is 18.1. The van der Waals surface area contributed by atoms with E-state index < -0.39 is 11.7 Å². The van der Waals surface area contributed by atoms with Crippen molar-refractivity contribution in [2.75, 3.05) is 33.8 Å². The summed E-state index contributed by atoms with van der Waals surface area (Å²) < 4.78 is 4.76. The topological polar surface area (TPSA) is 82.1 Å². The van der Waals surface area contributed by atoms with Crippen LogP contribution in [0, 0.1) is 5.92 Å². The van der Waals surface area contributed by atoms with Crippen molar-refractivity contribution < 1.29 is 19.4 Å². The molecule has 7 nitrogen and oxygen atoms in total. The number of likely N-dealkylation sites (tertiary alicyclic amines) is 1. The van der Waals surface area contributed by atoms with E-state index in [-0.39, 0.29) is 11.8 Å². The molecule has 2 atom stereocenters. The van der Waals surface area contributed by atoms with Crippen molar-refractivity contribution in [3.8, 4) is 11.1 Å². The minimum absolute atomic E-state index is 0.0106. The molecule has 0 spiro atoms. The Morgan fingerprint density at radius 1 is 1.00 bits per heavy atom. The van der Waals surface area contributed by atoms with E-state index in [1.165, 1.54) is 50.3 Å². The average molecular weight is 674 g/mol. The van der Waals surface area contributed by atoms with Gasteiger partial charge in [0.1, 0.15) is 0 Å². The van der Waals surface area contributed by atoms with Crippen LogP contribution in [-0.4, -0.2) is 66.7 Å². The minimum atomic E-state index is -1.30. The number of halogens is 1. The number of alkyl carbamates (subject to hydrolysis) is 1. The van der Waals surface area contributed by atoms with Gasteiger partial charge in [0.05, 0.1) is 12.7 Å². The van der Waals surface area contributed by atoms with Gasteiger partial charge in [-0.2, -0.15) is 0 Å². The Hall–Kier alpha value is -3.39. The summed E-state index contributed by atoms with van der Waals surface area (Å²) in [4.78, 5) is 30.1.